The zero-order valence-corrected chi connectivity index (χ0v) is 20.6. The number of fused-ring (bicyclic) bond motifs is 2. The Labute approximate surface area is 198 Å². The number of phenols is 2. The lowest BCUT2D eigenvalue weighted by Crippen LogP contribution is -2.07. The molecule has 0 bridgehead atoms. The summed E-state index contributed by atoms with van der Waals surface area (Å²) in [6.07, 6.45) is 4.56. The molecule has 0 fully saturated rings. The van der Waals surface area contributed by atoms with Gasteiger partial charge in [0.2, 0.25) is 5.43 Å². The van der Waals surface area contributed by atoms with Crippen molar-refractivity contribution in [2.75, 3.05) is 27.4 Å². The zero-order valence-electron chi connectivity index (χ0n) is 20.6. The molecule has 7 heteroatoms. The van der Waals surface area contributed by atoms with Crippen molar-refractivity contribution < 1.29 is 28.8 Å². The minimum absolute atomic E-state index is 0.0556. The van der Waals surface area contributed by atoms with Gasteiger partial charge in [0.25, 0.3) is 0 Å². The van der Waals surface area contributed by atoms with Gasteiger partial charge in [-0.15, -0.1) is 0 Å². The van der Waals surface area contributed by atoms with E-state index in [-0.39, 0.29) is 39.2 Å². The maximum atomic E-state index is 13.6. The fourth-order valence-electron chi connectivity index (χ4n) is 3.81. The van der Waals surface area contributed by atoms with Crippen molar-refractivity contribution in [2.24, 2.45) is 0 Å². The first-order chi connectivity index (χ1) is 16.2. The summed E-state index contributed by atoms with van der Waals surface area (Å²) in [4.78, 5) is 13.6. The molecule has 3 rings (SSSR count). The van der Waals surface area contributed by atoms with Gasteiger partial charge in [-0.1, -0.05) is 23.3 Å². The Bertz CT molecular complexity index is 1330. The van der Waals surface area contributed by atoms with Gasteiger partial charge in [-0.05, 0) is 46.6 Å². The number of aromatic hydroxyl groups is 2. The summed E-state index contributed by atoms with van der Waals surface area (Å²) < 4.78 is 22.3. The maximum Gasteiger partial charge on any atom is 0.204 e. The molecule has 0 spiro atoms. The van der Waals surface area contributed by atoms with E-state index in [9.17, 15) is 15.0 Å². The van der Waals surface area contributed by atoms with E-state index in [1.54, 1.807) is 6.07 Å². The van der Waals surface area contributed by atoms with Crippen LogP contribution >= 0.6 is 0 Å². The van der Waals surface area contributed by atoms with Crippen LogP contribution in [0.15, 0.2) is 44.6 Å². The second-order valence-corrected chi connectivity index (χ2v) is 8.37. The van der Waals surface area contributed by atoms with Crippen LogP contribution in [0.4, 0.5) is 0 Å². The van der Waals surface area contributed by atoms with Crippen molar-refractivity contribution in [3.63, 3.8) is 0 Å². The van der Waals surface area contributed by atoms with Crippen LogP contribution in [0.5, 0.6) is 23.0 Å². The number of hydrogen-bond donors (Lipinski definition) is 2. The van der Waals surface area contributed by atoms with Crippen LogP contribution in [0.1, 0.15) is 38.8 Å². The first kappa shape index (κ1) is 25.2. The summed E-state index contributed by atoms with van der Waals surface area (Å²) in [6.45, 7) is 8.85. The molecule has 0 amide bonds. The number of allylic oxidation sites excluding steroid dienone is 3. The lowest BCUT2D eigenvalue weighted by molar-refractivity contribution is 0.170. The largest absolute Gasteiger partial charge is 0.507 e. The van der Waals surface area contributed by atoms with Gasteiger partial charge in [0.1, 0.15) is 28.1 Å². The van der Waals surface area contributed by atoms with Gasteiger partial charge in [0.15, 0.2) is 11.5 Å². The predicted molar refractivity (Wildman–Crippen MR) is 134 cm³/mol. The van der Waals surface area contributed by atoms with Crippen LogP contribution < -0.4 is 14.9 Å². The molecule has 7 nitrogen and oxygen atoms in total. The van der Waals surface area contributed by atoms with Crippen molar-refractivity contribution in [1.82, 2.24) is 0 Å². The van der Waals surface area contributed by atoms with Crippen LogP contribution in [0.2, 0.25) is 0 Å². The number of hydrogen-bond acceptors (Lipinski definition) is 7. The lowest BCUT2D eigenvalue weighted by atomic mass is 10.00. The van der Waals surface area contributed by atoms with Crippen molar-refractivity contribution in [3.05, 3.63) is 56.8 Å². The summed E-state index contributed by atoms with van der Waals surface area (Å²) in [5, 5.41) is 22.1. The van der Waals surface area contributed by atoms with Crippen molar-refractivity contribution in [1.29, 1.82) is 0 Å². The van der Waals surface area contributed by atoms with Crippen LogP contribution in [0.25, 0.3) is 21.9 Å². The topological polar surface area (TPSA) is 98.4 Å². The molecule has 0 aliphatic carbocycles. The minimum Gasteiger partial charge on any atom is -0.507 e. The molecule has 1 heterocycles. The summed E-state index contributed by atoms with van der Waals surface area (Å²) in [7, 11) is 2.92. The Morgan fingerprint density at radius 1 is 0.971 bits per heavy atom. The zero-order chi connectivity index (χ0) is 25.0. The van der Waals surface area contributed by atoms with E-state index in [1.807, 2.05) is 39.8 Å². The summed E-state index contributed by atoms with van der Waals surface area (Å²) >= 11 is 0. The number of rotatable bonds is 9. The molecule has 0 aliphatic heterocycles. The fourth-order valence-corrected chi connectivity index (χ4v) is 3.81. The van der Waals surface area contributed by atoms with Gasteiger partial charge < -0.3 is 28.8 Å². The molecule has 0 radical (unpaired) electrons. The molecule has 0 aliphatic rings. The lowest BCUT2D eigenvalue weighted by Gasteiger charge is -2.15. The van der Waals surface area contributed by atoms with E-state index in [4.69, 9.17) is 18.6 Å². The van der Waals surface area contributed by atoms with Gasteiger partial charge in [-0.25, -0.2) is 0 Å². The molecule has 1 aromatic heterocycles. The predicted octanol–water partition coefficient (Wildman–Crippen LogP) is 5.41. The SMILES string of the molecule is CCOC/C(C)=C\Cc1c(OC)cc2oc3c(CC=C(C)C)c(O)c(OC)cc3c(=O)c2c1O. The van der Waals surface area contributed by atoms with Crippen LogP contribution in [0.3, 0.4) is 0 Å². The van der Waals surface area contributed by atoms with Crippen molar-refractivity contribution in [2.45, 2.75) is 40.5 Å². The van der Waals surface area contributed by atoms with E-state index in [0.717, 1.165) is 11.1 Å². The quantitative estimate of drug-likeness (QED) is 0.320. The molecule has 2 N–H and O–H groups in total. The first-order valence-corrected chi connectivity index (χ1v) is 11.2. The van der Waals surface area contributed by atoms with E-state index in [2.05, 4.69) is 0 Å². The second-order valence-electron chi connectivity index (χ2n) is 8.37. The summed E-state index contributed by atoms with van der Waals surface area (Å²) in [6, 6.07) is 3.04. The molecule has 182 valence electrons. The monoisotopic (exact) mass is 468 g/mol. The van der Waals surface area contributed by atoms with Gasteiger partial charge in [-0.2, -0.15) is 0 Å². The third-order valence-corrected chi connectivity index (χ3v) is 5.67. The Morgan fingerprint density at radius 3 is 2.26 bits per heavy atom. The van der Waals surface area contributed by atoms with Crippen LogP contribution in [0, 0.1) is 0 Å². The smallest absolute Gasteiger partial charge is 0.204 e. The van der Waals surface area contributed by atoms with E-state index >= 15 is 0 Å². The molecule has 34 heavy (non-hydrogen) atoms. The Morgan fingerprint density at radius 2 is 1.65 bits per heavy atom. The van der Waals surface area contributed by atoms with Crippen LogP contribution in [-0.2, 0) is 17.6 Å². The third kappa shape index (κ3) is 4.89. The highest BCUT2D eigenvalue weighted by molar-refractivity contribution is 5.97. The highest BCUT2D eigenvalue weighted by Crippen LogP contribution is 2.41. The Balaban J connectivity index is 2.30. The Hall–Kier alpha value is -3.45. The average molecular weight is 469 g/mol. The standard InChI is InChI=1S/C27H32O7/c1-7-33-14-16(4)9-11-17-20(31-5)13-21-23(25(17)29)26(30)19-12-22(32-6)24(28)18(27(19)34-21)10-8-15(2)3/h8-9,12-13,28-29H,7,10-11,14H2,1-6H3/b16-9-. The molecular weight excluding hydrogens is 436 g/mol. The van der Waals surface area contributed by atoms with Gasteiger partial charge in [-0.3, -0.25) is 4.79 Å². The third-order valence-electron chi connectivity index (χ3n) is 5.67. The first-order valence-electron chi connectivity index (χ1n) is 11.2. The van der Waals surface area contributed by atoms with Crippen molar-refractivity contribution >= 4 is 21.9 Å². The average Bonchev–Trinajstić information content (AvgIpc) is 2.80. The molecule has 0 unspecified atom stereocenters. The molecule has 0 saturated heterocycles. The number of benzene rings is 2. The Kier molecular flexibility index (Phi) is 7.89. The van der Waals surface area contributed by atoms with Gasteiger partial charge in [0.05, 0.1) is 26.2 Å². The molecule has 0 saturated carbocycles. The maximum absolute atomic E-state index is 13.6. The molecular formula is C27H32O7. The van der Waals surface area contributed by atoms with Crippen molar-refractivity contribution in [3.8, 4) is 23.0 Å². The molecule has 0 atom stereocenters. The number of methoxy groups -OCH3 is 2. The van der Waals surface area contributed by atoms with Crippen LogP contribution in [-0.4, -0.2) is 37.6 Å². The van der Waals surface area contributed by atoms with E-state index in [0.29, 0.717) is 42.9 Å². The molecule has 2 aromatic carbocycles. The van der Waals surface area contributed by atoms with E-state index in [1.165, 1.54) is 20.3 Å². The highest BCUT2D eigenvalue weighted by atomic mass is 16.5. The summed E-state index contributed by atoms with van der Waals surface area (Å²) in [5.41, 5.74) is 2.97. The highest BCUT2D eigenvalue weighted by Gasteiger charge is 2.23. The minimum atomic E-state index is -0.413. The molecule has 3 aromatic rings. The second kappa shape index (κ2) is 10.7. The normalized spacial score (nSPS) is 11.8. The van der Waals surface area contributed by atoms with Gasteiger partial charge in [0, 0.05) is 23.8 Å². The van der Waals surface area contributed by atoms with Gasteiger partial charge >= 0.3 is 0 Å². The fraction of sp³-hybridized carbons (Fsp3) is 0.370. The van der Waals surface area contributed by atoms with E-state index < -0.39 is 5.43 Å². The summed E-state index contributed by atoms with van der Waals surface area (Å²) in [5.74, 6) is 0.289. The number of ether oxygens (including phenoxy) is 3. The number of phenolic OH excluding ortho intramolecular Hbond substituents is 2.